The molecule has 2 atom stereocenters. The first-order valence-electron chi connectivity index (χ1n) is 13.2. The number of carbonyl (C=O) groups is 1. The summed E-state index contributed by atoms with van der Waals surface area (Å²) < 4.78 is 40.7. The lowest BCUT2D eigenvalue weighted by Crippen LogP contribution is -2.64. The molecule has 3 aromatic carbocycles. The van der Waals surface area contributed by atoms with E-state index in [1.54, 1.807) is 24.3 Å². The molecule has 0 aliphatic carbocycles. The zero-order chi connectivity index (χ0) is 26.8. The van der Waals surface area contributed by atoms with Crippen LogP contribution in [-0.2, 0) is 16.1 Å². The van der Waals surface area contributed by atoms with Gasteiger partial charge in [0.05, 0.1) is 18.8 Å². The summed E-state index contributed by atoms with van der Waals surface area (Å²) in [5.74, 6) is -0.397. The zero-order valence-electron chi connectivity index (χ0n) is 21.3. The third-order valence-corrected chi connectivity index (χ3v) is 7.87. The van der Waals surface area contributed by atoms with Gasteiger partial charge in [-0.15, -0.1) is 0 Å². The fourth-order valence-corrected chi connectivity index (χ4v) is 5.80. The third-order valence-electron chi connectivity index (χ3n) is 7.87. The maximum Gasteiger partial charge on any atom is 0.333 e. The van der Waals surface area contributed by atoms with Crippen LogP contribution in [0.3, 0.4) is 0 Å². The molecule has 0 saturated carbocycles. The van der Waals surface area contributed by atoms with E-state index in [1.807, 2.05) is 36.4 Å². The average Bonchev–Trinajstić information content (AvgIpc) is 3.43. The van der Waals surface area contributed by atoms with Crippen LogP contribution in [0.1, 0.15) is 30.3 Å². The maximum atomic E-state index is 14.5. The molecule has 4 aromatic rings. The third kappa shape index (κ3) is 5.40. The number of carbonyl (C=O) groups excluding carboxylic acids is 1. The van der Waals surface area contributed by atoms with E-state index in [9.17, 15) is 13.6 Å². The van der Waals surface area contributed by atoms with Crippen molar-refractivity contribution in [3.05, 3.63) is 102 Å². The minimum atomic E-state index is -0.989. The summed E-state index contributed by atoms with van der Waals surface area (Å²) in [4.78, 5) is 18.2. The predicted molar refractivity (Wildman–Crippen MR) is 140 cm³/mol. The number of anilines is 1. The lowest BCUT2D eigenvalue weighted by Gasteiger charge is -2.51. The first-order valence-corrected chi connectivity index (χ1v) is 13.2. The Labute approximate surface area is 225 Å². The van der Waals surface area contributed by atoms with Gasteiger partial charge in [0.25, 0.3) is 5.89 Å². The van der Waals surface area contributed by atoms with E-state index in [2.05, 4.69) is 15.5 Å². The Morgan fingerprint density at radius 2 is 1.74 bits per heavy atom. The summed E-state index contributed by atoms with van der Waals surface area (Å²) in [6.07, 6.45) is 1.54. The standard InChI is InChI=1S/C30H29F2N4O3/c31-23-11-12-24(32)25(17-23)33-28(21-7-3-1-4-8-21)30(37)38-26-18-36(15-13-20(26)14-16-36)19-27-34-29(39-35-27)22-9-5-2-6-10-22/h1-12,17,20,26,28,33H,13-16,18-19H2/q+1/t20?,26-,28?,36?/m0/s1. The highest BCUT2D eigenvalue weighted by Crippen LogP contribution is 2.38. The van der Waals surface area contributed by atoms with E-state index in [0.717, 1.165) is 49.7 Å². The van der Waals surface area contributed by atoms with Crippen LogP contribution in [0.5, 0.6) is 0 Å². The number of ether oxygens (including phenoxy) is 1. The number of hydrogen-bond donors (Lipinski definition) is 1. The molecule has 0 amide bonds. The average molecular weight is 532 g/mol. The minimum absolute atomic E-state index is 0.0930. The van der Waals surface area contributed by atoms with E-state index in [4.69, 9.17) is 9.26 Å². The summed E-state index contributed by atoms with van der Waals surface area (Å²) in [7, 11) is 0. The summed E-state index contributed by atoms with van der Waals surface area (Å²) in [6.45, 7) is 3.12. The quantitative estimate of drug-likeness (QED) is 0.238. The van der Waals surface area contributed by atoms with Gasteiger partial charge in [-0.05, 0) is 35.9 Å². The van der Waals surface area contributed by atoms with Gasteiger partial charge in [-0.25, -0.2) is 13.6 Å². The number of nitrogens with one attached hydrogen (secondary N) is 1. The predicted octanol–water partition coefficient (Wildman–Crippen LogP) is 5.52. The molecule has 3 saturated heterocycles. The highest BCUT2D eigenvalue weighted by molar-refractivity contribution is 5.81. The van der Waals surface area contributed by atoms with Crippen molar-refractivity contribution in [3.8, 4) is 11.5 Å². The molecule has 3 aliphatic heterocycles. The second kappa shape index (κ2) is 10.6. The number of quaternary nitrogens is 1. The molecule has 3 aliphatic rings. The fraction of sp³-hybridized carbons (Fsp3) is 0.300. The molecular weight excluding hydrogens is 502 g/mol. The molecule has 2 bridgehead atoms. The minimum Gasteiger partial charge on any atom is -0.454 e. The van der Waals surface area contributed by atoms with Crippen LogP contribution in [0.15, 0.2) is 83.4 Å². The Balaban J connectivity index is 1.19. The smallest absolute Gasteiger partial charge is 0.333 e. The monoisotopic (exact) mass is 531 g/mol. The van der Waals surface area contributed by atoms with Crippen LogP contribution < -0.4 is 5.32 Å². The highest BCUT2D eigenvalue weighted by Gasteiger charge is 2.48. The SMILES string of the molecule is O=C(O[C@H]1C[N+]2(Cc3noc(-c4ccccc4)n3)CCC1CC2)C(Nc1cc(F)ccc1F)c1ccccc1. The Kier molecular flexibility index (Phi) is 6.83. The number of rotatable bonds is 8. The van der Waals surface area contributed by atoms with Crippen molar-refractivity contribution in [1.29, 1.82) is 0 Å². The van der Waals surface area contributed by atoms with Crippen LogP contribution in [0, 0.1) is 17.6 Å². The molecule has 4 heterocycles. The summed E-state index contributed by atoms with van der Waals surface area (Å²) >= 11 is 0. The molecule has 0 radical (unpaired) electrons. The summed E-state index contributed by atoms with van der Waals surface area (Å²) in [5, 5.41) is 7.11. The van der Waals surface area contributed by atoms with Crippen molar-refractivity contribution in [3.63, 3.8) is 0 Å². The van der Waals surface area contributed by atoms with Crippen LogP contribution in [0.25, 0.3) is 11.5 Å². The van der Waals surface area contributed by atoms with Crippen molar-refractivity contribution in [2.45, 2.75) is 31.5 Å². The lowest BCUT2D eigenvalue weighted by molar-refractivity contribution is -0.958. The van der Waals surface area contributed by atoms with Gasteiger partial charge in [-0.1, -0.05) is 53.7 Å². The van der Waals surface area contributed by atoms with Crippen molar-refractivity contribution in [2.75, 3.05) is 25.0 Å². The van der Waals surface area contributed by atoms with Crippen LogP contribution >= 0.6 is 0 Å². The normalized spacial score (nSPS) is 22.8. The second-order valence-corrected chi connectivity index (χ2v) is 10.4. The van der Waals surface area contributed by atoms with Crippen molar-refractivity contribution in [2.24, 2.45) is 5.92 Å². The molecule has 39 heavy (non-hydrogen) atoms. The van der Waals surface area contributed by atoms with Gasteiger partial charge in [-0.3, -0.25) is 0 Å². The van der Waals surface area contributed by atoms with E-state index < -0.39 is 23.6 Å². The van der Waals surface area contributed by atoms with Gasteiger partial charge in [0.2, 0.25) is 5.82 Å². The number of benzene rings is 3. The number of piperidine rings is 3. The summed E-state index contributed by atoms with van der Waals surface area (Å²) in [5.41, 5.74) is 1.38. The van der Waals surface area contributed by atoms with Crippen LogP contribution in [0.4, 0.5) is 14.5 Å². The largest absolute Gasteiger partial charge is 0.454 e. The molecule has 7 nitrogen and oxygen atoms in total. The molecule has 1 aromatic heterocycles. The van der Waals surface area contributed by atoms with E-state index in [1.165, 1.54) is 0 Å². The Hall–Kier alpha value is -4.11. The van der Waals surface area contributed by atoms with Gasteiger partial charge >= 0.3 is 5.97 Å². The number of nitrogens with zero attached hydrogens (tertiary/aromatic N) is 3. The maximum absolute atomic E-state index is 14.5. The van der Waals surface area contributed by atoms with Crippen molar-refractivity contribution >= 4 is 11.7 Å². The number of fused-ring (bicyclic) bond motifs is 3. The van der Waals surface area contributed by atoms with Crippen molar-refractivity contribution in [1.82, 2.24) is 10.1 Å². The van der Waals surface area contributed by atoms with Gasteiger partial charge in [0.15, 0.2) is 12.1 Å². The molecule has 1 N–H and O–H groups in total. The Morgan fingerprint density at radius 3 is 2.49 bits per heavy atom. The van der Waals surface area contributed by atoms with Gasteiger partial charge < -0.3 is 19.1 Å². The fourth-order valence-electron chi connectivity index (χ4n) is 5.80. The van der Waals surface area contributed by atoms with Gasteiger partial charge in [0, 0.05) is 24.3 Å². The van der Waals surface area contributed by atoms with Crippen molar-refractivity contribution < 1.29 is 27.3 Å². The molecule has 200 valence electrons. The topological polar surface area (TPSA) is 77.2 Å². The first-order chi connectivity index (χ1) is 19.0. The molecule has 3 fully saturated rings. The highest BCUT2D eigenvalue weighted by atomic mass is 19.1. The summed E-state index contributed by atoms with van der Waals surface area (Å²) in [6, 6.07) is 20.7. The first kappa shape index (κ1) is 25.2. The Morgan fingerprint density at radius 1 is 1.03 bits per heavy atom. The number of halogens is 2. The van der Waals surface area contributed by atoms with Crippen LogP contribution in [0.2, 0.25) is 0 Å². The van der Waals surface area contributed by atoms with E-state index in [-0.39, 0.29) is 17.7 Å². The van der Waals surface area contributed by atoms with E-state index >= 15 is 0 Å². The van der Waals surface area contributed by atoms with Crippen LogP contribution in [-0.4, -0.2) is 46.3 Å². The lowest BCUT2D eigenvalue weighted by atomic mass is 9.83. The Bertz CT molecular complexity index is 1440. The molecule has 1 unspecified atom stereocenters. The van der Waals surface area contributed by atoms with Gasteiger partial charge in [-0.2, -0.15) is 4.98 Å². The number of hydrogen-bond acceptors (Lipinski definition) is 6. The second-order valence-electron chi connectivity index (χ2n) is 10.4. The molecule has 7 rings (SSSR count). The van der Waals surface area contributed by atoms with Gasteiger partial charge in [0.1, 0.15) is 24.7 Å². The zero-order valence-corrected chi connectivity index (χ0v) is 21.3. The number of esters is 1. The molecular formula is C30H29F2N4O3+. The molecule has 9 heteroatoms. The van der Waals surface area contributed by atoms with E-state index in [0.29, 0.717) is 34.9 Å². The molecule has 0 spiro atoms. The number of aromatic nitrogens is 2.